The van der Waals surface area contributed by atoms with E-state index in [2.05, 4.69) is 52.8 Å². The van der Waals surface area contributed by atoms with Gasteiger partial charge in [-0.2, -0.15) is 0 Å². The molecule has 2 N–H and O–H groups in total. The quantitative estimate of drug-likeness (QED) is 0.534. The standard InChI is InChI=1S/C21H34N4O2/c1-2-22-21(23-10-8-18-6-4-3-5-7-18)24-16-20(19-9-13-27-17-19)25-11-14-26-15-12-25/h3-7,19-20H,2,8-17H2,1H3,(H2,22,23,24). The van der Waals surface area contributed by atoms with Crippen LogP contribution >= 0.6 is 0 Å². The van der Waals surface area contributed by atoms with Gasteiger partial charge >= 0.3 is 0 Å². The van der Waals surface area contributed by atoms with Crippen molar-refractivity contribution in [1.29, 1.82) is 0 Å². The lowest BCUT2D eigenvalue weighted by molar-refractivity contribution is 0.00368. The predicted octanol–water partition coefficient (Wildman–Crippen LogP) is 1.52. The monoisotopic (exact) mass is 374 g/mol. The second-order valence-corrected chi connectivity index (χ2v) is 7.22. The Hall–Kier alpha value is -1.63. The number of benzene rings is 1. The van der Waals surface area contributed by atoms with E-state index in [0.717, 1.165) is 78.0 Å². The van der Waals surface area contributed by atoms with Gasteiger partial charge in [0.05, 0.1) is 26.4 Å². The number of morpholine rings is 1. The Kier molecular flexibility index (Phi) is 8.39. The van der Waals surface area contributed by atoms with Gasteiger partial charge in [-0.15, -0.1) is 0 Å². The third-order valence-electron chi connectivity index (χ3n) is 5.35. The van der Waals surface area contributed by atoms with Gasteiger partial charge < -0.3 is 20.1 Å². The van der Waals surface area contributed by atoms with Crippen LogP contribution in [0.25, 0.3) is 0 Å². The highest BCUT2D eigenvalue weighted by atomic mass is 16.5. The second kappa shape index (κ2) is 11.3. The molecule has 27 heavy (non-hydrogen) atoms. The Labute approximate surface area is 163 Å². The molecule has 1 aromatic carbocycles. The third kappa shape index (κ3) is 6.48. The molecule has 0 amide bonds. The molecule has 2 fully saturated rings. The Morgan fingerprint density at radius 2 is 1.96 bits per heavy atom. The van der Waals surface area contributed by atoms with Crippen molar-refractivity contribution in [2.75, 3.05) is 59.2 Å². The fourth-order valence-electron chi connectivity index (χ4n) is 3.82. The van der Waals surface area contributed by atoms with Crippen LogP contribution in [0.2, 0.25) is 0 Å². The number of ether oxygens (including phenoxy) is 2. The Bertz CT molecular complexity index is 555. The average molecular weight is 375 g/mol. The molecule has 1 aromatic rings. The van der Waals surface area contributed by atoms with Crippen molar-refractivity contribution in [3.8, 4) is 0 Å². The lowest BCUT2D eigenvalue weighted by Gasteiger charge is -2.36. The second-order valence-electron chi connectivity index (χ2n) is 7.22. The summed E-state index contributed by atoms with van der Waals surface area (Å²) in [6.45, 7) is 10.0. The minimum absolute atomic E-state index is 0.431. The van der Waals surface area contributed by atoms with Crippen LogP contribution in [0.4, 0.5) is 0 Å². The molecule has 2 saturated heterocycles. The lowest BCUT2D eigenvalue weighted by Crippen LogP contribution is -2.49. The van der Waals surface area contributed by atoms with E-state index in [4.69, 9.17) is 14.5 Å². The molecule has 3 rings (SSSR count). The first-order valence-electron chi connectivity index (χ1n) is 10.3. The van der Waals surface area contributed by atoms with Crippen molar-refractivity contribution in [2.24, 2.45) is 10.9 Å². The summed E-state index contributed by atoms with van der Waals surface area (Å²) in [5.41, 5.74) is 1.34. The van der Waals surface area contributed by atoms with Crippen molar-refractivity contribution in [2.45, 2.75) is 25.8 Å². The van der Waals surface area contributed by atoms with E-state index in [1.807, 2.05) is 0 Å². The van der Waals surface area contributed by atoms with Crippen molar-refractivity contribution < 1.29 is 9.47 Å². The average Bonchev–Trinajstić information content (AvgIpc) is 3.24. The van der Waals surface area contributed by atoms with E-state index in [1.165, 1.54) is 5.56 Å². The number of hydrogen-bond acceptors (Lipinski definition) is 4. The minimum atomic E-state index is 0.431. The highest BCUT2D eigenvalue weighted by Crippen LogP contribution is 2.22. The van der Waals surface area contributed by atoms with Gasteiger partial charge in [0.1, 0.15) is 0 Å². The molecule has 0 aliphatic carbocycles. The number of aliphatic imine (C=N–C) groups is 1. The number of nitrogens with one attached hydrogen (secondary N) is 2. The van der Waals surface area contributed by atoms with Gasteiger partial charge in [0.25, 0.3) is 0 Å². The Morgan fingerprint density at radius 3 is 2.67 bits per heavy atom. The molecule has 150 valence electrons. The van der Waals surface area contributed by atoms with Crippen molar-refractivity contribution in [3.63, 3.8) is 0 Å². The van der Waals surface area contributed by atoms with E-state index in [0.29, 0.717) is 12.0 Å². The van der Waals surface area contributed by atoms with Gasteiger partial charge in [0.15, 0.2) is 5.96 Å². The zero-order chi connectivity index (χ0) is 18.7. The summed E-state index contributed by atoms with van der Waals surface area (Å²) in [6.07, 6.45) is 2.13. The van der Waals surface area contributed by atoms with Crippen molar-refractivity contribution >= 4 is 5.96 Å². The van der Waals surface area contributed by atoms with E-state index in [-0.39, 0.29) is 0 Å². The van der Waals surface area contributed by atoms with Crippen LogP contribution in [-0.2, 0) is 15.9 Å². The maximum absolute atomic E-state index is 5.66. The molecule has 0 saturated carbocycles. The molecule has 2 aliphatic rings. The molecule has 2 heterocycles. The molecular formula is C21H34N4O2. The summed E-state index contributed by atoms with van der Waals surface area (Å²) in [7, 11) is 0. The van der Waals surface area contributed by atoms with Gasteiger partial charge in [-0.05, 0) is 25.3 Å². The summed E-state index contributed by atoms with van der Waals surface area (Å²) in [4.78, 5) is 7.46. The van der Waals surface area contributed by atoms with Crippen LogP contribution < -0.4 is 10.6 Å². The summed E-state index contributed by atoms with van der Waals surface area (Å²) in [5.74, 6) is 1.48. The molecule has 2 atom stereocenters. The van der Waals surface area contributed by atoms with E-state index in [9.17, 15) is 0 Å². The lowest BCUT2D eigenvalue weighted by atomic mass is 9.97. The number of hydrogen-bond donors (Lipinski definition) is 2. The Morgan fingerprint density at radius 1 is 1.15 bits per heavy atom. The van der Waals surface area contributed by atoms with Crippen LogP contribution in [0.15, 0.2) is 35.3 Å². The van der Waals surface area contributed by atoms with E-state index < -0.39 is 0 Å². The molecule has 0 bridgehead atoms. The molecule has 6 heteroatoms. The van der Waals surface area contributed by atoms with Gasteiger partial charge in [0.2, 0.25) is 0 Å². The fraction of sp³-hybridized carbons (Fsp3) is 0.667. The SMILES string of the molecule is CCNC(=NCC(C1CCOC1)N1CCOCC1)NCCc1ccccc1. The van der Waals surface area contributed by atoms with Crippen LogP contribution in [-0.4, -0.2) is 76.1 Å². The van der Waals surface area contributed by atoms with Crippen LogP contribution in [0, 0.1) is 5.92 Å². The molecule has 2 aliphatic heterocycles. The highest BCUT2D eigenvalue weighted by Gasteiger charge is 2.31. The molecule has 0 aromatic heterocycles. The number of rotatable bonds is 8. The van der Waals surface area contributed by atoms with Gasteiger partial charge in [-0.1, -0.05) is 30.3 Å². The first kappa shape index (κ1) is 20.1. The third-order valence-corrected chi connectivity index (χ3v) is 5.35. The molecule has 2 unspecified atom stereocenters. The van der Waals surface area contributed by atoms with Gasteiger partial charge in [-0.3, -0.25) is 9.89 Å². The van der Waals surface area contributed by atoms with E-state index >= 15 is 0 Å². The first-order valence-corrected chi connectivity index (χ1v) is 10.3. The van der Waals surface area contributed by atoms with Crippen LogP contribution in [0.1, 0.15) is 18.9 Å². The molecule has 0 radical (unpaired) electrons. The van der Waals surface area contributed by atoms with E-state index in [1.54, 1.807) is 0 Å². The highest BCUT2D eigenvalue weighted by molar-refractivity contribution is 5.79. The maximum atomic E-state index is 5.66. The normalized spacial score (nSPS) is 22.6. The minimum Gasteiger partial charge on any atom is -0.381 e. The molecule has 0 spiro atoms. The van der Waals surface area contributed by atoms with Crippen LogP contribution in [0.3, 0.4) is 0 Å². The smallest absolute Gasteiger partial charge is 0.191 e. The predicted molar refractivity (Wildman–Crippen MR) is 109 cm³/mol. The van der Waals surface area contributed by atoms with Crippen molar-refractivity contribution in [1.82, 2.24) is 15.5 Å². The molecule has 6 nitrogen and oxygen atoms in total. The summed E-state index contributed by atoms with van der Waals surface area (Å²) in [5, 5.41) is 6.86. The summed E-state index contributed by atoms with van der Waals surface area (Å²) >= 11 is 0. The van der Waals surface area contributed by atoms with Crippen molar-refractivity contribution in [3.05, 3.63) is 35.9 Å². The fourth-order valence-corrected chi connectivity index (χ4v) is 3.82. The first-order chi connectivity index (χ1) is 13.4. The maximum Gasteiger partial charge on any atom is 0.191 e. The Balaban J connectivity index is 1.56. The number of nitrogens with zero attached hydrogens (tertiary/aromatic N) is 2. The zero-order valence-corrected chi connectivity index (χ0v) is 16.5. The number of guanidine groups is 1. The topological polar surface area (TPSA) is 58.1 Å². The summed E-state index contributed by atoms with van der Waals surface area (Å²) in [6, 6.07) is 11.0. The van der Waals surface area contributed by atoms with Gasteiger partial charge in [-0.25, -0.2) is 0 Å². The van der Waals surface area contributed by atoms with Gasteiger partial charge in [0, 0.05) is 44.7 Å². The largest absolute Gasteiger partial charge is 0.381 e. The summed E-state index contributed by atoms with van der Waals surface area (Å²) < 4.78 is 11.2. The van der Waals surface area contributed by atoms with Crippen LogP contribution in [0.5, 0.6) is 0 Å². The molecular weight excluding hydrogens is 340 g/mol. The zero-order valence-electron chi connectivity index (χ0n) is 16.5.